The number of nitrogens with zero attached hydrogens (tertiary/aromatic N) is 3. The fourth-order valence-corrected chi connectivity index (χ4v) is 6.16. The van der Waals surface area contributed by atoms with E-state index in [0.717, 1.165) is 35.8 Å². The minimum absolute atomic E-state index is 0.0833. The Bertz CT molecular complexity index is 1240. The van der Waals surface area contributed by atoms with Gasteiger partial charge in [-0.2, -0.15) is 0 Å². The summed E-state index contributed by atoms with van der Waals surface area (Å²) in [5.74, 6) is -1.18. The lowest BCUT2D eigenvalue weighted by Crippen LogP contribution is -2.35. The molecular formula is C31H45N3O4S. The molecule has 2 N–H and O–H groups in total. The molecule has 0 fully saturated rings. The molecule has 214 valence electrons. The highest BCUT2D eigenvalue weighted by atomic mass is 32.1. The van der Waals surface area contributed by atoms with Crippen LogP contribution in [0.25, 0.3) is 0 Å². The highest BCUT2D eigenvalue weighted by Gasteiger charge is 2.45. The van der Waals surface area contributed by atoms with Crippen LogP contribution in [0.15, 0.2) is 23.5 Å². The topological polar surface area (TPSA) is 94.0 Å². The number of Topliss-reactive ketones (excluding diaryl/α,β-unsaturated/α-hetero) is 1. The number of carbonyl (C=O) groups excluding carboxylic acids is 2. The molecule has 1 unspecified atom stereocenters. The maximum absolute atomic E-state index is 14.0. The Labute approximate surface area is 237 Å². The summed E-state index contributed by atoms with van der Waals surface area (Å²) in [5, 5.41) is 23.3. The molecule has 1 atom stereocenters. The molecule has 8 heteroatoms. The SMILES string of the molecule is CCN(CC)CCCN1C(=O)C(O)=C(C(=O)c2sc(C)nc2C)C1c1cc(C(C)(C)C)c(O)c(C(C)(C)C)c1. The molecule has 1 aromatic carbocycles. The number of phenols is 1. The Morgan fingerprint density at radius 1 is 1.03 bits per heavy atom. The lowest BCUT2D eigenvalue weighted by atomic mass is 9.77. The van der Waals surface area contributed by atoms with Gasteiger partial charge in [-0.05, 0) is 79.6 Å². The first-order valence-corrected chi connectivity index (χ1v) is 14.7. The van der Waals surface area contributed by atoms with Gasteiger partial charge in [-0.1, -0.05) is 55.4 Å². The average molecular weight is 556 g/mol. The molecule has 0 radical (unpaired) electrons. The van der Waals surface area contributed by atoms with Crippen molar-refractivity contribution >= 4 is 23.0 Å². The number of phenolic OH excluding ortho intramolecular Hbond substituents is 1. The predicted octanol–water partition coefficient (Wildman–Crippen LogP) is 6.37. The van der Waals surface area contributed by atoms with Gasteiger partial charge >= 0.3 is 0 Å². The monoisotopic (exact) mass is 555 g/mol. The molecule has 0 spiro atoms. The Morgan fingerprint density at radius 3 is 2.00 bits per heavy atom. The zero-order chi connectivity index (χ0) is 29.4. The van der Waals surface area contributed by atoms with Crippen molar-refractivity contribution in [2.24, 2.45) is 0 Å². The molecule has 3 rings (SSSR count). The second kappa shape index (κ2) is 11.4. The van der Waals surface area contributed by atoms with Crippen molar-refractivity contribution < 1.29 is 19.8 Å². The quantitative estimate of drug-likeness (QED) is 0.349. The largest absolute Gasteiger partial charge is 0.507 e. The molecule has 2 heterocycles. The van der Waals surface area contributed by atoms with Gasteiger partial charge in [-0.15, -0.1) is 11.3 Å². The minimum Gasteiger partial charge on any atom is -0.507 e. The smallest absolute Gasteiger partial charge is 0.290 e. The Balaban J connectivity index is 2.23. The number of ketones is 1. The van der Waals surface area contributed by atoms with Crippen LogP contribution < -0.4 is 0 Å². The zero-order valence-electron chi connectivity index (χ0n) is 25.2. The molecule has 0 bridgehead atoms. The van der Waals surface area contributed by atoms with Crippen LogP contribution in [0.5, 0.6) is 5.75 Å². The fourth-order valence-electron chi connectivity index (χ4n) is 5.29. The normalized spacial score (nSPS) is 16.6. The molecule has 2 aromatic rings. The second-order valence-corrected chi connectivity index (χ2v) is 13.7. The summed E-state index contributed by atoms with van der Waals surface area (Å²) >= 11 is 1.27. The highest BCUT2D eigenvalue weighted by molar-refractivity contribution is 7.14. The molecule has 7 nitrogen and oxygen atoms in total. The number of benzene rings is 1. The molecule has 0 saturated carbocycles. The van der Waals surface area contributed by atoms with Crippen molar-refractivity contribution in [3.05, 3.63) is 55.7 Å². The third-order valence-corrected chi connectivity index (χ3v) is 8.56. The van der Waals surface area contributed by atoms with Crippen molar-refractivity contribution in [3.63, 3.8) is 0 Å². The van der Waals surface area contributed by atoms with Crippen molar-refractivity contribution in [2.75, 3.05) is 26.2 Å². The van der Waals surface area contributed by atoms with Crippen molar-refractivity contribution in [1.29, 1.82) is 0 Å². The number of aliphatic hydroxyl groups excluding tert-OH is 1. The number of aliphatic hydroxyl groups is 1. The van der Waals surface area contributed by atoms with E-state index < -0.39 is 28.5 Å². The van der Waals surface area contributed by atoms with Gasteiger partial charge in [-0.3, -0.25) is 9.59 Å². The standard InChI is InChI=1S/C31H45N3O4S/c1-11-33(12-2)14-13-15-34-24(20-16-21(30(5,6)7)25(35)22(17-20)31(8,9)10)23(27(37)29(34)38)26(36)28-18(3)32-19(4)39-28/h16-17,24,35,37H,11-15H2,1-10H3. The lowest BCUT2D eigenvalue weighted by Gasteiger charge is -2.32. The van der Waals surface area contributed by atoms with Gasteiger partial charge in [0, 0.05) is 6.54 Å². The number of hydrogen-bond acceptors (Lipinski definition) is 7. The number of aromatic hydroxyl groups is 1. The van der Waals surface area contributed by atoms with Crippen LogP contribution in [0.4, 0.5) is 0 Å². The fraction of sp³-hybridized carbons (Fsp3) is 0.581. The van der Waals surface area contributed by atoms with E-state index in [-0.39, 0.29) is 17.1 Å². The van der Waals surface area contributed by atoms with Gasteiger partial charge in [0.15, 0.2) is 5.76 Å². The molecule has 39 heavy (non-hydrogen) atoms. The van der Waals surface area contributed by atoms with E-state index in [4.69, 9.17) is 0 Å². The lowest BCUT2D eigenvalue weighted by molar-refractivity contribution is -0.129. The van der Waals surface area contributed by atoms with E-state index in [1.54, 1.807) is 11.8 Å². The maximum Gasteiger partial charge on any atom is 0.290 e. The number of rotatable bonds is 9. The van der Waals surface area contributed by atoms with E-state index in [1.807, 2.05) is 60.6 Å². The first-order chi connectivity index (χ1) is 18.0. The number of aryl methyl sites for hydroxylation is 2. The van der Waals surface area contributed by atoms with Gasteiger partial charge < -0.3 is 20.0 Å². The zero-order valence-corrected chi connectivity index (χ0v) is 26.0. The molecule has 1 aromatic heterocycles. The van der Waals surface area contributed by atoms with E-state index in [1.165, 1.54) is 11.3 Å². The first-order valence-electron chi connectivity index (χ1n) is 13.9. The Morgan fingerprint density at radius 2 is 1.56 bits per heavy atom. The Hall–Kier alpha value is -2.71. The summed E-state index contributed by atoms with van der Waals surface area (Å²) in [4.78, 5) is 36.3. The van der Waals surface area contributed by atoms with E-state index in [0.29, 0.717) is 29.1 Å². The Kier molecular flexibility index (Phi) is 9.02. The van der Waals surface area contributed by atoms with Gasteiger partial charge in [0.2, 0.25) is 5.78 Å². The van der Waals surface area contributed by atoms with Crippen LogP contribution in [0.3, 0.4) is 0 Å². The van der Waals surface area contributed by atoms with Crippen LogP contribution in [0.1, 0.15) is 105 Å². The summed E-state index contributed by atoms with van der Waals surface area (Å²) in [5.41, 5.74) is 2.08. The number of hydrogen-bond donors (Lipinski definition) is 2. The van der Waals surface area contributed by atoms with Gasteiger partial charge in [-0.25, -0.2) is 4.98 Å². The second-order valence-electron chi connectivity index (χ2n) is 12.5. The van der Waals surface area contributed by atoms with Gasteiger partial charge in [0.25, 0.3) is 5.91 Å². The molecular weight excluding hydrogens is 510 g/mol. The number of thiazole rings is 1. The van der Waals surface area contributed by atoms with Crippen LogP contribution >= 0.6 is 11.3 Å². The van der Waals surface area contributed by atoms with E-state index >= 15 is 0 Å². The summed E-state index contributed by atoms with van der Waals surface area (Å²) < 4.78 is 0. The summed E-state index contributed by atoms with van der Waals surface area (Å²) in [6, 6.07) is 3.03. The molecule has 1 aliphatic rings. The minimum atomic E-state index is -0.772. The van der Waals surface area contributed by atoms with Crippen molar-refractivity contribution in [3.8, 4) is 5.75 Å². The molecule has 0 aliphatic carbocycles. The number of aromatic nitrogens is 1. The van der Waals surface area contributed by atoms with Gasteiger partial charge in [0.1, 0.15) is 5.75 Å². The molecule has 1 amide bonds. The van der Waals surface area contributed by atoms with E-state index in [2.05, 4.69) is 23.7 Å². The maximum atomic E-state index is 14.0. The third-order valence-electron chi connectivity index (χ3n) is 7.49. The van der Waals surface area contributed by atoms with Crippen LogP contribution in [0.2, 0.25) is 0 Å². The average Bonchev–Trinajstić information content (AvgIpc) is 3.30. The van der Waals surface area contributed by atoms with Crippen molar-refractivity contribution in [2.45, 2.75) is 92.5 Å². The van der Waals surface area contributed by atoms with Crippen LogP contribution in [-0.2, 0) is 15.6 Å². The third kappa shape index (κ3) is 6.22. The summed E-state index contributed by atoms with van der Waals surface area (Å²) in [6.07, 6.45) is 0.702. The molecule has 0 saturated heterocycles. The predicted molar refractivity (Wildman–Crippen MR) is 158 cm³/mol. The van der Waals surface area contributed by atoms with Crippen LogP contribution in [0, 0.1) is 13.8 Å². The highest BCUT2D eigenvalue weighted by Crippen LogP contribution is 2.46. The van der Waals surface area contributed by atoms with Gasteiger partial charge in [0.05, 0.1) is 27.2 Å². The first kappa shape index (κ1) is 30.8. The summed E-state index contributed by atoms with van der Waals surface area (Å²) in [7, 11) is 0. The van der Waals surface area contributed by atoms with Crippen molar-refractivity contribution in [1.82, 2.24) is 14.8 Å². The van der Waals surface area contributed by atoms with Crippen LogP contribution in [-0.4, -0.2) is 62.9 Å². The summed E-state index contributed by atoms with van der Waals surface area (Å²) in [6.45, 7) is 23.0. The number of carbonyl (C=O) groups is 2. The molecule has 1 aliphatic heterocycles. The van der Waals surface area contributed by atoms with E-state index in [9.17, 15) is 19.8 Å². The number of amides is 1.